The lowest BCUT2D eigenvalue weighted by Gasteiger charge is -2.34. The number of fused-ring (bicyclic) bond motifs is 3. The second-order valence-corrected chi connectivity index (χ2v) is 11.4. The Labute approximate surface area is 270 Å². The van der Waals surface area contributed by atoms with Crippen LogP contribution < -0.4 is 9.47 Å². The first-order valence-corrected chi connectivity index (χ1v) is 14.9. The lowest BCUT2D eigenvalue weighted by molar-refractivity contribution is 0.482. The molecule has 4 nitrogen and oxygen atoms in total. The van der Waals surface area contributed by atoms with Crippen LogP contribution in [0.15, 0.2) is 133 Å². The molecule has 0 spiro atoms. The normalized spacial score (nSPS) is 12.4. The molecule has 0 unspecified atom stereocenters. The number of nitrogens with zero attached hydrogens (tertiary/aromatic N) is 2. The Balaban J connectivity index is 1.32. The fourth-order valence-corrected chi connectivity index (χ4v) is 6.47. The van der Waals surface area contributed by atoms with Crippen LogP contribution in [0, 0.1) is 22.7 Å². The molecule has 1 aliphatic carbocycles. The van der Waals surface area contributed by atoms with Crippen LogP contribution in [0.2, 0.25) is 10.0 Å². The standard InChI is InChI=1S/C39H22Cl2N2O2/c40-37-19-17-31(21-25(37)23-42)44-29-13-9-27(10-14-29)39(35-7-3-1-5-33(35)34-6-2-4-8-36(34)39)28-11-15-30(16-12-28)45-32-18-20-38(41)26(22-32)24-43/h1-22H. The predicted molar refractivity (Wildman–Crippen MR) is 176 cm³/mol. The van der Waals surface area contributed by atoms with Gasteiger partial charge in [-0.2, -0.15) is 10.5 Å². The maximum Gasteiger partial charge on any atom is 0.128 e. The molecular weight excluding hydrogens is 599 g/mol. The summed E-state index contributed by atoms with van der Waals surface area (Å²) in [6, 6.07) is 47.5. The van der Waals surface area contributed by atoms with Crippen LogP contribution in [0.3, 0.4) is 0 Å². The lowest BCUT2D eigenvalue weighted by atomic mass is 9.68. The van der Waals surface area contributed by atoms with Gasteiger partial charge in [0.15, 0.2) is 0 Å². The molecule has 45 heavy (non-hydrogen) atoms. The van der Waals surface area contributed by atoms with Gasteiger partial charge in [0.1, 0.15) is 35.1 Å². The van der Waals surface area contributed by atoms with Crippen molar-refractivity contribution in [2.75, 3.05) is 0 Å². The van der Waals surface area contributed by atoms with Crippen LogP contribution in [0.4, 0.5) is 0 Å². The third kappa shape index (κ3) is 4.88. The molecular formula is C39H22Cl2N2O2. The minimum absolute atomic E-state index is 0.359. The third-order valence-corrected chi connectivity index (χ3v) is 8.77. The molecule has 7 rings (SSSR count). The van der Waals surface area contributed by atoms with Crippen molar-refractivity contribution in [3.05, 3.63) is 177 Å². The zero-order valence-corrected chi connectivity index (χ0v) is 25.2. The molecule has 214 valence electrons. The molecule has 6 heteroatoms. The van der Waals surface area contributed by atoms with Crippen molar-refractivity contribution in [1.82, 2.24) is 0 Å². The van der Waals surface area contributed by atoms with E-state index in [4.69, 9.17) is 32.7 Å². The van der Waals surface area contributed by atoms with Crippen molar-refractivity contribution < 1.29 is 9.47 Å². The van der Waals surface area contributed by atoms with Crippen LogP contribution in [0.5, 0.6) is 23.0 Å². The van der Waals surface area contributed by atoms with Gasteiger partial charge in [-0.1, -0.05) is 96.0 Å². The highest BCUT2D eigenvalue weighted by molar-refractivity contribution is 6.32. The first-order valence-electron chi connectivity index (χ1n) is 14.2. The number of benzene rings is 6. The Hall–Kier alpha value is -5.52. The van der Waals surface area contributed by atoms with Crippen LogP contribution >= 0.6 is 23.2 Å². The van der Waals surface area contributed by atoms with Gasteiger partial charge in [-0.15, -0.1) is 0 Å². The largest absolute Gasteiger partial charge is 0.457 e. The molecule has 0 radical (unpaired) electrons. The molecule has 0 saturated heterocycles. The SMILES string of the molecule is N#Cc1cc(Oc2ccc(C3(c4ccc(Oc5ccc(Cl)c(C#N)c5)cc4)c4ccccc4-c4ccccc43)cc2)ccc1Cl. The van der Waals surface area contributed by atoms with Gasteiger partial charge in [0.2, 0.25) is 0 Å². The lowest BCUT2D eigenvalue weighted by Crippen LogP contribution is -2.28. The maximum absolute atomic E-state index is 9.37. The molecule has 1 aliphatic rings. The Morgan fingerprint density at radius 2 is 0.844 bits per heavy atom. The van der Waals surface area contributed by atoms with Crippen LogP contribution in [-0.2, 0) is 5.41 Å². The van der Waals surface area contributed by atoms with Crippen molar-refractivity contribution in [1.29, 1.82) is 10.5 Å². The van der Waals surface area contributed by atoms with Gasteiger partial charge < -0.3 is 9.47 Å². The topological polar surface area (TPSA) is 66.0 Å². The number of ether oxygens (including phenoxy) is 2. The van der Waals surface area contributed by atoms with Crippen molar-refractivity contribution in [2.24, 2.45) is 0 Å². The second kappa shape index (κ2) is 11.5. The second-order valence-electron chi connectivity index (χ2n) is 10.6. The molecule has 6 aromatic carbocycles. The molecule has 0 aliphatic heterocycles. The Kier molecular flexibility index (Phi) is 7.24. The highest BCUT2D eigenvalue weighted by Crippen LogP contribution is 2.56. The molecule has 0 fully saturated rings. The zero-order chi connectivity index (χ0) is 31.0. The molecule has 0 saturated carbocycles. The summed E-state index contributed by atoms with van der Waals surface area (Å²) in [6.07, 6.45) is 0. The predicted octanol–water partition coefficient (Wildman–Crippen LogP) is 10.7. The highest BCUT2D eigenvalue weighted by Gasteiger charge is 2.45. The summed E-state index contributed by atoms with van der Waals surface area (Å²) in [5.41, 5.74) is 7.00. The molecule has 0 bridgehead atoms. The first kappa shape index (κ1) is 28.3. The third-order valence-electron chi connectivity index (χ3n) is 8.11. The van der Waals surface area contributed by atoms with Gasteiger partial charge in [0, 0.05) is 12.1 Å². The van der Waals surface area contributed by atoms with Crippen LogP contribution in [-0.4, -0.2) is 0 Å². The van der Waals surface area contributed by atoms with E-state index >= 15 is 0 Å². The van der Waals surface area contributed by atoms with Gasteiger partial charge in [-0.3, -0.25) is 0 Å². The van der Waals surface area contributed by atoms with Gasteiger partial charge in [-0.05, 0) is 81.9 Å². The van der Waals surface area contributed by atoms with Crippen molar-refractivity contribution in [3.63, 3.8) is 0 Å². The Morgan fingerprint density at radius 1 is 0.467 bits per heavy atom. The van der Waals surface area contributed by atoms with Gasteiger partial charge >= 0.3 is 0 Å². The highest BCUT2D eigenvalue weighted by atomic mass is 35.5. The van der Waals surface area contributed by atoms with Crippen LogP contribution in [0.1, 0.15) is 33.4 Å². The number of rotatable bonds is 6. The zero-order valence-electron chi connectivity index (χ0n) is 23.7. The molecule has 0 heterocycles. The van der Waals surface area contributed by atoms with Gasteiger partial charge in [-0.25, -0.2) is 0 Å². The van der Waals surface area contributed by atoms with E-state index in [1.165, 1.54) is 22.3 Å². The molecule has 0 amide bonds. The summed E-state index contributed by atoms with van der Waals surface area (Å²) in [7, 11) is 0. The number of hydrogen-bond donors (Lipinski definition) is 0. The van der Waals surface area contributed by atoms with Gasteiger partial charge in [0.25, 0.3) is 0 Å². The molecule has 0 atom stereocenters. The van der Waals surface area contributed by atoms with Crippen molar-refractivity contribution >= 4 is 23.2 Å². The Bertz CT molecular complexity index is 2000. The minimum Gasteiger partial charge on any atom is -0.457 e. The van der Waals surface area contributed by atoms with E-state index in [0.717, 1.165) is 11.1 Å². The van der Waals surface area contributed by atoms with E-state index in [1.807, 2.05) is 24.3 Å². The summed E-state index contributed by atoms with van der Waals surface area (Å²) >= 11 is 12.2. The fourth-order valence-electron chi connectivity index (χ4n) is 6.15. The summed E-state index contributed by atoms with van der Waals surface area (Å²) in [6.45, 7) is 0. The van der Waals surface area contributed by atoms with E-state index in [0.29, 0.717) is 44.2 Å². The average molecular weight is 622 g/mol. The van der Waals surface area contributed by atoms with Crippen molar-refractivity contribution in [2.45, 2.75) is 5.41 Å². The fraction of sp³-hybridized carbons (Fsp3) is 0.0256. The van der Waals surface area contributed by atoms with Crippen molar-refractivity contribution in [3.8, 4) is 46.3 Å². The maximum atomic E-state index is 9.37. The summed E-state index contributed by atoms with van der Waals surface area (Å²) in [5.74, 6) is 2.35. The molecule has 6 aromatic rings. The number of halogens is 2. The Morgan fingerprint density at radius 3 is 1.24 bits per heavy atom. The van der Waals surface area contributed by atoms with E-state index in [-0.39, 0.29) is 0 Å². The quantitative estimate of drug-likeness (QED) is 0.185. The van der Waals surface area contributed by atoms with E-state index in [1.54, 1.807) is 36.4 Å². The monoisotopic (exact) mass is 620 g/mol. The first-order chi connectivity index (χ1) is 22.0. The van der Waals surface area contributed by atoms with Gasteiger partial charge in [0.05, 0.1) is 26.6 Å². The molecule has 0 aromatic heterocycles. The van der Waals surface area contributed by atoms with Crippen LogP contribution in [0.25, 0.3) is 11.1 Å². The number of nitriles is 2. The summed E-state index contributed by atoms with van der Waals surface area (Å²) in [5, 5.41) is 19.5. The van der Waals surface area contributed by atoms with E-state index < -0.39 is 5.41 Å². The number of hydrogen-bond acceptors (Lipinski definition) is 4. The smallest absolute Gasteiger partial charge is 0.128 e. The summed E-state index contributed by atoms with van der Waals surface area (Å²) < 4.78 is 12.2. The van der Waals surface area contributed by atoms with E-state index in [2.05, 4.69) is 84.9 Å². The minimum atomic E-state index is -0.604. The van der Waals surface area contributed by atoms with E-state index in [9.17, 15) is 10.5 Å². The molecule has 0 N–H and O–H groups in total. The summed E-state index contributed by atoms with van der Waals surface area (Å²) in [4.78, 5) is 0. The average Bonchev–Trinajstić information content (AvgIpc) is 3.38.